The van der Waals surface area contributed by atoms with Crippen molar-refractivity contribution >= 4 is 76.1 Å². The molecule has 0 aromatic heterocycles. The molecule has 0 fully saturated rings. The molecule has 3 aromatic carbocycles. The Morgan fingerprint density at radius 3 is 2.29 bits per heavy atom. The minimum absolute atomic E-state index is 0.141. The number of esters is 1. The fraction of sp³-hybridized carbons (Fsp3) is 0.0435. The van der Waals surface area contributed by atoms with Gasteiger partial charge in [-0.1, -0.05) is 46.4 Å². The SMILES string of the molecule is COc1cc(/C=N/NC(=O)C(=O)Nc2cc(Cl)ccc2Cl)ccc1OC(=O)c1ccc(Cl)c(Cl)c1. The Hall–Kier alpha value is -3.30. The van der Waals surface area contributed by atoms with Crippen molar-refractivity contribution in [2.45, 2.75) is 0 Å². The van der Waals surface area contributed by atoms with Crippen molar-refractivity contribution in [1.82, 2.24) is 5.43 Å². The van der Waals surface area contributed by atoms with Crippen molar-refractivity contribution in [3.8, 4) is 11.5 Å². The van der Waals surface area contributed by atoms with E-state index in [4.69, 9.17) is 55.9 Å². The number of halogens is 4. The third kappa shape index (κ3) is 7.10. The highest BCUT2D eigenvalue weighted by molar-refractivity contribution is 6.42. The minimum Gasteiger partial charge on any atom is -0.493 e. The largest absolute Gasteiger partial charge is 0.493 e. The summed E-state index contributed by atoms with van der Waals surface area (Å²) in [5.41, 5.74) is 2.96. The van der Waals surface area contributed by atoms with Crippen LogP contribution in [0, 0.1) is 0 Å². The number of hydrogen-bond acceptors (Lipinski definition) is 6. The number of benzene rings is 3. The van der Waals surface area contributed by atoms with E-state index < -0.39 is 17.8 Å². The molecule has 0 spiro atoms. The number of nitrogens with one attached hydrogen (secondary N) is 2. The van der Waals surface area contributed by atoms with E-state index in [1.165, 1.54) is 61.9 Å². The van der Waals surface area contributed by atoms with Gasteiger partial charge in [-0.3, -0.25) is 9.59 Å². The maximum absolute atomic E-state index is 12.4. The van der Waals surface area contributed by atoms with Crippen molar-refractivity contribution in [1.29, 1.82) is 0 Å². The van der Waals surface area contributed by atoms with E-state index in [2.05, 4.69) is 15.8 Å². The summed E-state index contributed by atoms with van der Waals surface area (Å²) < 4.78 is 10.6. The molecule has 12 heteroatoms. The molecule has 180 valence electrons. The van der Waals surface area contributed by atoms with Gasteiger partial charge in [-0.2, -0.15) is 5.10 Å². The maximum atomic E-state index is 12.4. The predicted octanol–water partition coefficient (Wildman–Crippen LogP) is 5.62. The number of hydrogen-bond donors (Lipinski definition) is 2. The average Bonchev–Trinajstić information content (AvgIpc) is 2.83. The van der Waals surface area contributed by atoms with Gasteiger partial charge in [0.2, 0.25) is 0 Å². The van der Waals surface area contributed by atoms with Gasteiger partial charge in [0.05, 0.1) is 39.6 Å². The van der Waals surface area contributed by atoms with Gasteiger partial charge in [0.15, 0.2) is 11.5 Å². The second kappa shape index (κ2) is 11.9. The van der Waals surface area contributed by atoms with Crippen molar-refractivity contribution in [3.63, 3.8) is 0 Å². The van der Waals surface area contributed by atoms with Crippen LogP contribution in [0.3, 0.4) is 0 Å². The van der Waals surface area contributed by atoms with Gasteiger partial charge < -0.3 is 14.8 Å². The Bertz CT molecular complexity index is 1330. The molecule has 0 saturated carbocycles. The highest BCUT2D eigenvalue weighted by atomic mass is 35.5. The molecule has 2 N–H and O–H groups in total. The molecule has 0 aliphatic carbocycles. The molecular weight excluding hydrogens is 540 g/mol. The monoisotopic (exact) mass is 553 g/mol. The van der Waals surface area contributed by atoms with Gasteiger partial charge in [0, 0.05) is 5.02 Å². The van der Waals surface area contributed by atoms with E-state index in [1.54, 1.807) is 6.07 Å². The number of amides is 2. The zero-order chi connectivity index (χ0) is 25.5. The lowest BCUT2D eigenvalue weighted by molar-refractivity contribution is -0.136. The second-order valence-corrected chi connectivity index (χ2v) is 8.36. The fourth-order valence-electron chi connectivity index (χ4n) is 2.62. The van der Waals surface area contributed by atoms with Gasteiger partial charge in [-0.05, 0) is 60.2 Å². The highest BCUT2D eigenvalue weighted by Gasteiger charge is 2.16. The summed E-state index contributed by atoms with van der Waals surface area (Å²) in [7, 11) is 1.39. The van der Waals surface area contributed by atoms with Crippen molar-refractivity contribution < 1.29 is 23.9 Å². The summed E-state index contributed by atoms with van der Waals surface area (Å²) in [6.07, 6.45) is 1.27. The summed E-state index contributed by atoms with van der Waals surface area (Å²) in [6.45, 7) is 0. The van der Waals surface area contributed by atoms with Crippen LogP contribution in [0.5, 0.6) is 11.5 Å². The first kappa shape index (κ1) is 26.3. The van der Waals surface area contributed by atoms with Gasteiger partial charge >= 0.3 is 17.8 Å². The first-order chi connectivity index (χ1) is 16.7. The third-order valence-corrected chi connectivity index (χ3v) is 5.61. The van der Waals surface area contributed by atoms with Gasteiger partial charge in [-0.15, -0.1) is 0 Å². The number of carbonyl (C=O) groups excluding carboxylic acids is 3. The third-order valence-electron chi connectivity index (χ3n) is 4.31. The minimum atomic E-state index is -1.03. The molecule has 8 nitrogen and oxygen atoms in total. The lowest BCUT2D eigenvalue weighted by Crippen LogP contribution is -2.32. The molecule has 0 heterocycles. The Morgan fingerprint density at radius 1 is 0.829 bits per heavy atom. The standard InChI is InChI=1S/C23H15Cl4N3O5/c1-34-20-8-12(2-7-19(20)35-23(33)13-3-5-15(25)17(27)9-13)11-28-30-22(32)21(31)29-18-10-14(24)4-6-16(18)26/h2-11H,1H3,(H,29,31)(H,30,32)/b28-11+. The Balaban J connectivity index is 1.63. The summed E-state index contributed by atoms with van der Waals surface area (Å²) in [4.78, 5) is 36.4. The molecule has 0 saturated heterocycles. The molecule has 0 bridgehead atoms. The van der Waals surface area contributed by atoms with Gasteiger partial charge in [-0.25, -0.2) is 10.2 Å². The second-order valence-electron chi connectivity index (χ2n) is 6.71. The number of nitrogens with zero attached hydrogens (tertiary/aromatic N) is 1. The molecule has 0 aliphatic rings. The number of hydrazone groups is 1. The molecule has 0 aliphatic heterocycles. The Kier molecular flexibility index (Phi) is 8.95. The van der Waals surface area contributed by atoms with Gasteiger partial charge in [0.25, 0.3) is 0 Å². The zero-order valence-corrected chi connectivity index (χ0v) is 20.8. The summed E-state index contributed by atoms with van der Waals surface area (Å²) in [5.74, 6) is -2.32. The van der Waals surface area contributed by atoms with Crippen molar-refractivity contribution in [2.24, 2.45) is 5.10 Å². The molecule has 3 aromatic rings. The first-order valence-corrected chi connectivity index (χ1v) is 11.1. The van der Waals surface area contributed by atoms with Crippen molar-refractivity contribution in [3.05, 3.63) is 85.8 Å². The van der Waals surface area contributed by atoms with E-state index in [-0.39, 0.29) is 32.8 Å². The molecule has 0 atom stereocenters. The van der Waals surface area contributed by atoms with Crippen LogP contribution in [0.4, 0.5) is 5.69 Å². The fourth-order valence-corrected chi connectivity index (χ4v) is 3.25. The smallest absolute Gasteiger partial charge is 0.343 e. The van der Waals surface area contributed by atoms with Crippen LogP contribution in [-0.4, -0.2) is 31.1 Å². The van der Waals surface area contributed by atoms with Crippen LogP contribution < -0.4 is 20.2 Å². The number of rotatable bonds is 6. The summed E-state index contributed by atoms with van der Waals surface area (Å²) in [5, 5.41) is 7.15. The number of methoxy groups -OCH3 is 1. The van der Waals surface area contributed by atoms with Crippen LogP contribution in [-0.2, 0) is 9.59 Å². The van der Waals surface area contributed by atoms with Crippen LogP contribution in [0.15, 0.2) is 59.7 Å². The Morgan fingerprint density at radius 2 is 1.57 bits per heavy atom. The van der Waals surface area contributed by atoms with E-state index in [0.717, 1.165) is 0 Å². The van der Waals surface area contributed by atoms with Crippen LogP contribution in [0.2, 0.25) is 20.1 Å². The predicted molar refractivity (Wildman–Crippen MR) is 135 cm³/mol. The Labute approximate surface area is 219 Å². The zero-order valence-electron chi connectivity index (χ0n) is 17.8. The molecule has 2 amide bonds. The van der Waals surface area contributed by atoms with E-state index >= 15 is 0 Å². The lowest BCUT2D eigenvalue weighted by Gasteiger charge is -2.10. The lowest BCUT2D eigenvalue weighted by atomic mass is 10.2. The highest BCUT2D eigenvalue weighted by Crippen LogP contribution is 2.29. The van der Waals surface area contributed by atoms with E-state index in [9.17, 15) is 14.4 Å². The quantitative estimate of drug-likeness (QED) is 0.135. The van der Waals surface area contributed by atoms with E-state index in [0.29, 0.717) is 15.6 Å². The molecule has 0 radical (unpaired) electrons. The summed E-state index contributed by atoms with van der Waals surface area (Å²) >= 11 is 23.6. The normalized spacial score (nSPS) is 10.7. The molecular formula is C23H15Cl4N3O5. The van der Waals surface area contributed by atoms with Gasteiger partial charge in [0.1, 0.15) is 0 Å². The first-order valence-electron chi connectivity index (χ1n) is 9.62. The molecule has 0 unspecified atom stereocenters. The maximum Gasteiger partial charge on any atom is 0.343 e. The van der Waals surface area contributed by atoms with Crippen LogP contribution in [0.1, 0.15) is 15.9 Å². The average molecular weight is 555 g/mol. The number of ether oxygens (including phenoxy) is 2. The van der Waals surface area contributed by atoms with Crippen LogP contribution >= 0.6 is 46.4 Å². The molecule has 3 rings (SSSR count). The topological polar surface area (TPSA) is 106 Å². The van der Waals surface area contributed by atoms with E-state index in [1.807, 2.05) is 0 Å². The number of anilines is 1. The van der Waals surface area contributed by atoms with Crippen molar-refractivity contribution in [2.75, 3.05) is 12.4 Å². The number of carbonyl (C=O) groups is 3. The van der Waals surface area contributed by atoms with Crippen LogP contribution in [0.25, 0.3) is 0 Å². The molecule has 35 heavy (non-hydrogen) atoms. The summed E-state index contributed by atoms with van der Waals surface area (Å²) in [6, 6.07) is 13.3.